The van der Waals surface area contributed by atoms with Crippen molar-refractivity contribution in [1.29, 1.82) is 0 Å². The maximum atomic E-state index is 12.0. The van der Waals surface area contributed by atoms with E-state index in [-0.39, 0.29) is 22.9 Å². The Hall–Kier alpha value is -2.88. The van der Waals surface area contributed by atoms with Crippen LogP contribution in [0.5, 0.6) is 5.88 Å². The van der Waals surface area contributed by atoms with Gasteiger partial charge in [-0.05, 0) is 35.4 Å². The van der Waals surface area contributed by atoms with Crippen LogP contribution in [0.3, 0.4) is 0 Å². The SMILES string of the molecule is CC1(C)CCC(N=Cc2c(O)[nH]c(=O)c3ccccc23)c2ccccc21. The van der Waals surface area contributed by atoms with E-state index in [2.05, 4.69) is 43.1 Å². The van der Waals surface area contributed by atoms with Crippen LogP contribution >= 0.6 is 0 Å². The second-order valence-electron chi connectivity index (χ2n) is 7.57. The summed E-state index contributed by atoms with van der Waals surface area (Å²) in [4.78, 5) is 19.3. The van der Waals surface area contributed by atoms with Crippen molar-refractivity contribution in [1.82, 2.24) is 4.98 Å². The molecule has 1 aliphatic carbocycles. The quantitative estimate of drug-likeness (QED) is 0.673. The molecule has 4 rings (SSSR count). The van der Waals surface area contributed by atoms with E-state index >= 15 is 0 Å². The molecule has 0 amide bonds. The van der Waals surface area contributed by atoms with Gasteiger partial charge in [-0.1, -0.05) is 56.3 Å². The minimum absolute atomic E-state index is 0.0596. The third-order valence-corrected chi connectivity index (χ3v) is 5.42. The number of aliphatic imine (C=N–C) groups is 1. The van der Waals surface area contributed by atoms with Gasteiger partial charge in [0.05, 0.1) is 11.6 Å². The lowest BCUT2D eigenvalue weighted by Crippen LogP contribution is -2.25. The van der Waals surface area contributed by atoms with Gasteiger partial charge in [-0.25, -0.2) is 0 Å². The van der Waals surface area contributed by atoms with E-state index in [9.17, 15) is 9.90 Å². The summed E-state index contributed by atoms with van der Waals surface area (Å²) in [7, 11) is 0. The maximum Gasteiger partial charge on any atom is 0.258 e. The average Bonchev–Trinajstić information content (AvgIpc) is 2.63. The third kappa shape index (κ3) is 2.71. The maximum absolute atomic E-state index is 12.0. The van der Waals surface area contributed by atoms with Crippen molar-refractivity contribution in [3.05, 3.63) is 75.6 Å². The number of pyridine rings is 1. The van der Waals surface area contributed by atoms with Gasteiger partial charge in [0.1, 0.15) is 0 Å². The van der Waals surface area contributed by atoms with Gasteiger partial charge >= 0.3 is 0 Å². The van der Waals surface area contributed by atoms with Gasteiger partial charge in [0.2, 0.25) is 5.88 Å². The molecular formula is C22H22N2O2. The molecule has 3 aromatic rings. The molecule has 2 aromatic carbocycles. The highest BCUT2D eigenvalue weighted by molar-refractivity contribution is 6.01. The first-order valence-electron chi connectivity index (χ1n) is 8.94. The summed E-state index contributed by atoms with van der Waals surface area (Å²) in [5, 5.41) is 11.5. The summed E-state index contributed by atoms with van der Waals surface area (Å²) >= 11 is 0. The summed E-state index contributed by atoms with van der Waals surface area (Å²) in [6.07, 6.45) is 3.72. The van der Waals surface area contributed by atoms with Crippen LogP contribution in [-0.2, 0) is 5.41 Å². The van der Waals surface area contributed by atoms with Crippen molar-refractivity contribution in [2.75, 3.05) is 0 Å². The summed E-state index contributed by atoms with van der Waals surface area (Å²) in [5.41, 5.74) is 3.00. The van der Waals surface area contributed by atoms with E-state index in [0.29, 0.717) is 16.3 Å². The van der Waals surface area contributed by atoms with Gasteiger partial charge < -0.3 is 5.11 Å². The fraction of sp³-hybridized carbons (Fsp3) is 0.273. The molecule has 0 fully saturated rings. The van der Waals surface area contributed by atoms with E-state index in [1.54, 1.807) is 12.3 Å². The Morgan fingerprint density at radius 1 is 1.12 bits per heavy atom. The van der Waals surface area contributed by atoms with Crippen LogP contribution in [0.25, 0.3) is 10.8 Å². The number of aromatic amines is 1. The van der Waals surface area contributed by atoms with Crippen LogP contribution in [0.15, 0.2) is 58.3 Å². The minimum atomic E-state index is -0.292. The molecule has 0 saturated carbocycles. The van der Waals surface area contributed by atoms with Crippen LogP contribution in [0.4, 0.5) is 0 Å². The average molecular weight is 346 g/mol. The van der Waals surface area contributed by atoms with E-state index in [1.165, 1.54) is 11.1 Å². The molecule has 0 spiro atoms. The Morgan fingerprint density at radius 2 is 1.81 bits per heavy atom. The molecule has 0 aliphatic heterocycles. The van der Waals surface area contributed by atoms with Crippen LogP contribution < -0.4 is 5.56 Å². The van der Waals surface area contributed by atoms with Crippen molar-refractivity contribution >= 4 is 17.0 Å². The fourth-order valence-electron chi connectivity index (χ4n) is 3.93. The molecule has 1 unspecified atom stereocenters. The predicted octanol–water partition coefficient (Wildman–Crippen LogP) is 4.47. The smallest absolute Gasteiger partial charge is 0.258 e. The first-order valence-corrected chi connectivity index (χ1v) is 8.94. The number of nitrogens with zero attached hydrogens (tertiary/aromatic N) is 1. The number of fused-ring (bicyclic) bond motifs is 2. The van der Waals surface area contributed by atoms with E-state index in [0.717, 1.165) is 12.8 Å². The number of rotatable bonds is 2. The molecule has 1 aliphatic rings. The second kappa shape index (κ2) is 6.13. The molecule has 1 heterocycles. The number of aromatic nitrogens is 1. The normalized spacial score (nSPS) is 18.9. The molecule has 0 saturated heterocycles. The summed E-state index contributed by atoms with van der Waals surface area (Å²) in [6.45, 7) is 4.54. The van der Waals surface area contributed by atoms with Crippen molar-refractivity contribution in [2.45, 2.75) is 38.1 Å². The first kappa shape index (κ1) is 16.6. The van der Waals surface area contributed by atoms with Gasteiger partial charge in [0, 0.05) is 17.0 Å². The monoisotopic (exact) mass is 346 g/mol. The Kier molecular flexibility index (Phi) is 3.91. The van der Waals surface area contributed by atoms with Crippen molar-refractivity contribution < 1.29 is 5.11 Å². The summed E-state index contributed by atoms with van der Waals surface area (Å²) in [5.74, 6) is -0.137. The molecule has 2 N–H and O–H groups in total. The highest BCUT2D eigenvalue weighted by Gasteiger charge is 2.31. The Balaban J connectivity index is 1.79. The lowest BCUT2D eigenvalue weighted by molar-refractivity contribution is 0.397. The van der Waals surface area contributed by atoms with Crippen LogP contribution in [0.1, 0.15) is 49.4 Å². The zero-order valence-electron chi connectivity index (χ0n) is 15.0. The Morgan fingerprint density at radius 3 is 2.62 bits per heavy atom. The molecular weight excluding hydrogens is 324 g/mol. The molecule has 1 aromatic heterocycles. The van der Waals surface area contributed by atoms with Gasteiger partial charge in [0.25, 0.3) is 5.56 Å². The first-order chi connectivity index (χ1) is 12.5. The summed E-state index contributed by atoms with van der Waals surface area (Å²) < 4.78 is 0. The zero-order chi connectivity index (χ0) is 18.3. The molecule has 4 heteroatoms. The van der Waals surface area contributed by atoms with Crippen LogP contribution in [0, 0.1) is 0 Å². The number of hydrogen-bond donors (Lipinski definition) is 2. The minimum Gasteiger partial charge on any atom is -0.494 e. The fourth-order valence-corrected chi connectivity index (χ4v) is 3.93. The number of H-pyrrole nitrogens is 1. The number of benzene rings is 2. The number of nitrogens with one attached hydrogen (secondary N) is 1. The number of hydrogen-bond acceptors (Lipinski definition) is 3. The molecule has 4 nitrogen and oxygen atoms in total. The highest BCUT2D eigenvalue weighted by atomic mass is 16.3. The summed E-state index contributed by atoms with van der Waals surface area (Å²) in [6, 6.07) is 15.8. The van der Waals surface area contributed by atoms with Crippen molar-refractivity contribution in [3.63, 3.8) is 0 Å². The van der Waals surface area contributed by atoms with Gasteiger partial charge in [-0.3, -0.25) is 14.8 Å². The van der Waals surface area contributed by atoms with E-state index in [1.807, 2.05) is 18.2 Å². The number of aromatic hydroxyl groups is 1. The van der Waals surface area contributed by atoms with Gasteiger partial charge in [-0.15, -0.1) is 0 Å². The third-order valence-electron chi connectivity index (χ3n) is 5.42. The van der Waals surface area contributed by atoms with Gasteiger partial charge in [0.15, 0.2) is 0 Å². The molecule has 132 valence electrons. The molecule has 26 heavy (non-hydrogen) atoms. The lowest BCUT2D eigenvalue weighted by atomic mass is 9.71. The molecule has 0 radical (unpaired) electrons. The standard InChI is InChI=1S/C22H22N2O2/c1-22(2)12-11-19(16-9-5-6-10-18(16)22)23-13-17-14-7-3-4-8-15(14)20(25)24-21(17)26/h3-10,13,19H,11-12H2,1-2H3,(H2,24,25,26). The topological polar surface area (TPSA) is 65.5 Å². The van der Waals surface area contributed by atoms with Crippen molar-refractivity contribution in [2.24, 2.45) is 4.99 Å². The predicted molar refractivity (Wildman–Crippen MR) is 105 cm³/mol. The van der Waals surface area contributed by atoms with Crippen LogP contribution in [-0.4, -0.2) is 16.3 Å². The Bertz CT molecular complexity index is 1060. The lowest BCUT2D eigenvalue weighted by Gasteiger charge is -2.35. The van der Waals surface area contributed by atoms with Crippen LogP contribution in [0.2, 0.25) is 0 Å². The molecule has 1 atom stereocenters. The second-order valence-corrected chi connectivity index (χ2v) is 7.57. The van der Waals surface area contributed by atoms with Crippen molar-refractivity contribution in [3.8, 4) is 5.88 Å². The largest absolute Gasteiger partial charge is 0.494 e. The Labute approximate surface area is 152 Å². The zero-order valence-corrected chi connectivity index (χ0v) is 15.0. The highest BCUT2D eigenvalue weighted by Crippen LogP contribution is 2.43. The van der Waals surface area contributed by atoms with Gasteiger partial charge in [-0.2, -0.15) is 0 Å². The van der Waals surface area contributed by atoms with E-state index < -0.39 is 0 Å². The molecule has 0 bridgehead atoms. The van der Waals surface area contributed by atoms with E-state index in [4.69, 9.17) is 4.99 Å².